The van der Waals surface area contributed by atoms with Crippen molar-refractivity contribution in [1.82, 2.24) is 9.97 Å². The molecular formula is C28H20F24N2O2. The first-order chi connectivity index (χ1) is 24.9. The number of halogens is 24. The average Bonchev–Trinajstić information content (AvgIpc) is 3.05. The molecule has 0 saturated heterocycles. The highest BCUT2D eigenvalue weighted by Crippen LogP contribution is 2.65. The zero-order chi connectivity index (χ0) is 44.0. The van der Waals surface area contributed by atoms with Gasteiger partial charge in [0.15, 0.2) is 5.82 Å². The van der Waals surface area contributed by atoms with E-state index in [1.807, 2.05) is 6.92 Å². The fourth-order valence-electron chi connectivity index (χ4n) is 4.04. The van der Waals surface area contributed by atoms with Crippen LogP contribution in [0.3, 0.4) is 0 Å². The van der Waals surface area contributed by atoms with Crippen LogP contribution < -0.4 is 4.74 Å². The summed E-state index contributed by atoms with van der Waals surface area (Å²) in [6, 6.07) is 2.53. The molecule has 0 radical (unpaired) electrons. The lowest BCUT2D eigenvalue weighted by atomic mass is 9.90. The molecule has 0 saturated carbocycles. The van der Waals surface area contributed by atoms with E-state index in [2.05, 4.69) is 14.7 Å². The smallest absolute Gasteiger partial charge is 0.454 e. The minimum atomic E-state index is -9.34. The number of alkyl halides is 24. The molecule has 28 heteroatoms. The lowest BCUT2D eigenvalue weighted by Crippen LogP contribution is -2.75. The van der Waals surface area contributed by atoms with E-state index < -0.39 is 77.9 Å². The van der Waals surface area contributed by atoms with Crippen LogP contribution in [0.4, 0.5) is 105 Å². The van der Waals surface area contributed by atoms with Gasteiger partial charge < -0.3 is 4.74 Å². The van der Waals surface area contributed by atoms with Gasteiger partial charge in [-0.3, -0.25) is 0 Å². The zero-order valence-electron chi connectivity index (χ0n) is 26.9. The second-order valence-electron chi connectivity index (χ2n) is 11.5. The molecule has 0 aliphatic rings. The first-order valence-corrected chi connectivity index (χ1v) is 14.6. The van der Waals surface area contributed by atoms with E-state index >= 15 is 0 Å². The first-order valence-electron chi connectivity index (χ1n) is 14.6. The Kier molecular flexibility index (Phi) is 13.2. The summed E-state index contributed by atoms with van der Waals surface area (Å²) in [7, 11) is 0. The van der Waals surface area contributed by atoms with E-state index in [0.29, 0.717) is 24.1 Å². The van der Waals surface area contributed by atoms with Crippen LogP contribution in [0.25, 0.3) is 11.4 Å². The van der Waals surface area contributed by atoms with Gasteiger partial charge in [0, 0.05) is 18.0 Å². The van der Waals surface area contributed by atoms with Crippen molar-refractivity contribution in [3.63, 3.8) is 0 Å². The van der Waals surface area contributed by atoms with E-state index in [0.717, 1.165) is 37.8 Å². The van der Waals surface area contributed by atoms with E-state index in [1.165, 1.54) is 17.1 Å². The van der Waals surface area contributed by atoms with Crippen LogP contribution in [0.15, 0.2) is 36.7 Å². The molecule has 0 aliphatic heterocycles. The van der Waals surface area contributed by atoms with Gasteiger partial charge in [0.1, 0.15) is 5.75 Å². The zero-order valence-corrected chi connectivity index (χ0v) is 26.9. The molecule has 4 nitrogen and oxygen atoms in total. The van der Waals surface area contributed by atoms with E-state index in [9.17, 15) is 105 Å². The summed E-state index contributed by atoms with van der Waals surface area (Å²) in [6.45, 7) is 1.97. The maximum atomic E-state index is 14.2. The number of aryl methyl sites for hydroxylation is 1. The quantitative estimate of drug-likeness (QED) is 0.104. The molecule has 322 valence electrons. The molecule has 1 unspecified atom stereocenters. The fraction of sp³-hybridized carbons (Fsp3) is 0.643. The summed E-state index contributed by atoms with van der Waals surface area (Å²) in [5.41, 5.74) is 0.643. The molecule has 0 aliphatic carbocycles. The Morgan fingerprint density at radius 3 is 1.36 bits per heavy atom. The Hall–Kier alpha value is -3.62. The summed E-state index contributed by atoms with van der Waals surface area (Å²) < 4.78 is 330. The third-order valence-corrected chi connectivity index (χ3v) is 7.40. The Morgan fingerprint density at radius 1 is 0.518 bits per heavy atom. The number of hydrogen-bond acceptors (Lipinski definition) is 4. The molecule has 0 spiro atoms. The average molecular weight is 872 g/mol. The molecule has 0 N–H and O–H groups in total. The minimum absolute atomic E-state index is 0.0246. The topological polar surface area (TPSA) is 44.2 Å². The van der Waals surface area contributed by atoms with Gasteiger partial charge in [-0.05, 0) is 42.7 Å². The SMILES string of the molecule is CCCCCCc1cnc(-c2ccc(OC(F)C(F)(F)C(F)(F)C(F)(F)OC(F)(F)C(F)(F)C(F)(F)C(F)(F)C(F)(F)C(F)(F)C(F)(F)C(F)(F)F)cc2)nc1. The normalized spacial score (nSPS) is 15.6. The molecule has 0 bridgehead atoms. The second-order valence-corrected chi connectivity index (χ2v) is 11.5. The summed E-state index contributed by atoms with van der Waals surface area (Å²) in [5, 5.41) is 0. The summed E-state index contributed by atoms with van der Waals surface area (Å²) in [4.78, 5) is 7.93. The van der Waals surface area contributed by atoms with Crippen LogP contribution in [-0.2, 0) is 11.2 Å². The van der Waals surface area contributed by atoms with Crippen LogP contribution in [0, 0.1) is 0 Å². The number of rotatable bonds is 19. The van der Waals surface area contributed by atoms with Crippen LogP contribution in [0.1, 0.15) is 38.2 Å². The number of hydrogen-bond donors (Lipinski definition) is 0. The Balaban J connectivity index is 2.35. The molecule has 2 aromatic rings. The van der Waals surface area contributed by atoms with E-state index in [4.69, 9.17) is 0 Å². The Labute approximate surface area is 296 Å². The predicted octanol–water partition coefficient (Wildman–Crippen LogP) is 11.8. The molecule has 1 aromatic heterocycles. The van der Waals surface area contributed by atoms with Crippen molar-refractivity contribution in [1.29, 1.82) is 0 Å². The van der Waals surface area contributed by atoms with Crippen molar-refractivity contribution >= 4 is 0 Å². The maximum absolute atomic E-state index is 14.2. The molecule has 2 rings (SSSR count). The van der Waals surface area contributed by atoms with Gasteiger partial charge in [-0.2, -0.15) is 105 Å². The van der Waals surface area contributed by atoms with Crippen LogP contribution in [0.5, 0.6) is 5.75 Å². The van der Waals surface area contributed by atoms with Crippen LogP contribution >= 0.6 is 0 Å². The van der Waals surface area contributed by atoms with Crippen molar-refractivity contribution in [2.45, 2.75) is 111 Å². The lowest BCUT2D eigenvalue weighted by Gasteiger charge is -2.43. The number of unbranched alkanes of at least 4 members (excludes halogenated alkanes) is 3. The van der Waals surface area contributed by atoms with Gasteiger partial charge in [0.05, 0.1) is 0 Å². The van der Waals surface area contributed by atoms with Gasteiger partial charge in [0.2, 0.25) is 0 Å². The molecule has 56 heavy (non-hydrogen) atoms. The van der Waals surface area contributed by atoms with Gasteiger partial charge in [-0.1, -0.05) is 26.2 Å². The summed E-state index contributed by atoms with van der Waals surface area (Å²) in [5.74, 6) is -71.4. The predicted molar refractivity (Wildman–Crippen MR) is 137 cm³/mol. The number of ether oxygens (including phenoxy) is 2. The first kappa shape index (κ1) is 48.5. The van der Waals surface area contributed by atoms with Gasteiger partial charge in [-0.25, -0.2) is 14.7 Å². The summed E-state index contributed by atoms with van der Waals surface area (Å²) in [6.07, 6.45) is -23.4. The van der Waals surface area contributed by atoms with Gasteiger partial charge >= 0.3 is 72.1 Å². The minimum Gasteiger partial charge on any atom is -0.454 e. The molecule has 1 heterocycles. The molecule has 1 aromatic carbocycles. The van der Waals surface area contributed by atoms with Gasteiger partial charge in [0.25, 0.3) is 0 Å². The van der Waals surface area contributed by atoms with Crippen LogP contribution in [-0.4, -0.2) is 82.1 Å². The number of aromatic nitrogens is 2. The van der Waals surface area contributed by atoms with Gasteiger partial charge in [-0.15, -0.1) is 0 Å². The fourth-order valence-corrected chi connectivity index (χ4v) is 4.04. The highest BCUT2D eigenvalue weighted by atomic mass is 19.4. The number of nitrogens with zero attached hydrogens (tertiary/aromatic N) is 2. The number of benzene rings is 1. The molecule has 0 fully saturated rings. The molecular weight excluding hydrogens is 852 g/mol. The third kappa shape index (κ3) is 8.07. The van der Waals surface area contributed by atoms with Crippen molar-refractivity contribution in [3.05, 3.63) is 42.2 Å². The van der Waals surface area contributed by atoms with E-state index in [1.54, 1.807) is 0 Å². The Bertz CT molecular complexity index is 1610. The highest BCUT2D eigenvalue weighted by Gasteiger charge is 2.96. The third-order valence-electron chi connectivity index (χ3n) is 7.40. The monoisotopic (exact) mass is 872 g/mol. The maximum Gasteiger partial charge on any atom is 0.460 e. The van der Waals surface area contributed by atoms with Crippen LogP contribution in [0.2, 0.25) is 0 Å². The molecule has 1 atom stereocenters. The van der Waals surface area contributed by atoms with Crippen molar-refractivity contribution in [2.75, 3.05) is 0 Å². The van der Waals surface area contributed by atoms with Crippen molar-refractivity contribution in [3.8, 4) is 17.1 Å². The highest BCUT2D eigenvalue weighted by molar-refractivity contribution is 5.56. The van der Waals surface area contributed by atoms with E-state index in [-0.39, 0.29) is 11.4 Å². The van der Waals surface area contributed by atoms with Crippen molar-refractivity contribution < 1.29 is 115 Å². The second kappa shape index (κ2) is 15.3. The van der Waals surface area contributed by atoms with Crippen molar-refractivity contribution in [2.24, 2.45) is 0 Å². The molecule has 0 amide bonds. The largest absolute Gasteiger partial charge is 0.460 e. The standard InChI is InChI=1S/C28H20F24N2O2/c1-2-3-4-5-6-13-11-53-16(54-12-13)14-7-9-15(10-8-14)55-17(29)18(30,31)19(32,33)27(49,50)56-28(51,52)25(44,45)23(40,41)21(36,37)20(34,35)22(38,39)24(42,43)26(46,47)48/h7-12,17H,2-6H2,1H3. The Morgan fingerprint density at radius 2 is 0.929 bits per heavy atom. The summed E-state index contributed by atoms with van der Waals surface area (Å²) >= 11 is 0. The lowest BCUT2D eigenvalue weighted by molar-refractivity contribution is -0.521.